The van der Waals surface area contributed by atoms with E-state index in [1.54, 1.807) is 92.3 Å². The van der Waals surface area contributed by atoms with E-state index in [4.69, 9.17) is 14.6 Å². The van der Waals surface area contributed by atoms with Crippen molar-refractivity contribution in [1.29, 1.82) is 0 Å². The number of anilines is 2. The van der Waals surface area contributed by atoms with Crippen molar-refractivity contribution in [2.75, 3.05) is 103 Å². The molecule has 4 aromatic heterocycles. The number of aliphatic hydroxyl groups excluding tert-OH is 4. The molecule has 700 valence electrons. The molecule has 0 saturated carbocycles. The Bertz CT molecular complexity index is 5270. The Morgan fingerprint density at radius 1 is 0.519 bits per heavy atom. The van der Waals surface area contributed by atoms with Crippen LogP contribution in [0.15, 0.2) is 133 Å². The predicted molar refractivity (Wildman–Crippen MR) is 491 cm³/mol. The monoisotopic (exact) mass is 1840 g/mol. The minimum absolute atomic E-state index is 0.0439. The van der Waals surface area contributed by atoms with Gasteiger partial charge in [0.25, 0.3) is 0 Å². The average molecular weight is 1840 g/mol. The third kappa shape index (κ3) is 28.3. The van der Waals surface area contributed by atoms with Gasteiger partial charge in [-0.15, -0.1) is 22.7 Å². The lowest BCUT2D eigenvalue weighted by Crippen LogP contribution is -2.58. The summed E-state index contributed by atoms with van der Waals surface area (Å²) < 4.78 is 10.3. The van der Waals surface area contributed by atoms with Crippen LogP contribution >= 0.6 is 22.7 Å². The molecule has 35 nitrogen and oxygen atoms in total. The second kappa shape index (κ2) is 46.1. The Morgan fingerprint density at radius 3 is 1.32 bits per heavy atom. The van der Waals surface area contributed by atoms with E-state index in [1.165, 1.54) is 44.7 Å². The van der Waals surface area contributed by atoms with Gasteiger partial charge in [0.2, 0.25) is 41.4 Å². The molecule has 37 heteroatoms. The van der Waals surface area contributed by atoms with Crippen molar-refractivity contribution in [3.05, 3.63) is 189 Å². The van der Waals surface area contributed by atoms with Crippen LogP contribution in [0.3, 0.4) is 0 Å². The summed E-state index contributed by atoms with van der Waals surface area (Å²) in [6.45, 7) is 20.0. The SMILES string of the molecule is Cc1ncsc1-c1ccc(CNC(=O)[C@@H]2C[C@@H](O)CN2C(=O)[C@@H](NC(=O)COCC(=O)N2CC(Nc3cc(C(=O)CC[C@H](O)CN4CCc5ccccc5C4)ncn3)C2)C(C)(C)C)cc1.Cc1ncsc1-c1ccc(CNC(=O)[C@@H]2C[C@@H](O)CN2C(=O)[C@@H](NC(=O)COCC(=O)O)C(C)(C)C)cc1.O=C(CC[C@H](O)CN1CCc2ccccc2C1)c1cc(NC2CNC2)ncn1. The van der Waals surface area contributed by atoms with Crippen LogP contribution in [0.4, 0.5) is 11.6 Å². The summed E-state index contributed by atoms with van der Waals surface area (Å²) in [4.78, 5) is 164. The Balaban J connectivity index is 0.000000197. The Kier molecular flexibility index (Phi) is 34.8. The molecule has 14 rings (SSSR count). The number of carboxylic acid groups (broad SMARTS) is 1. The highest BCUT2D eigenvalue weighted by Crippen LogP contribution is 2.33. The van der Waals surface area contributed by atoms with E-state index in [0.717, 1.165) is 95.5 Å². The summed E-state index contributed by atoms with van der Waals surface area (Å²) in [5.41, 5.74) is 13.8. The molecule has 4 fully saturated rings. The number of rotatable bonds is 36. The Labute approximate surface area is 769 Å². The van der Waals surface area contributed by atoms with Crippen molar-refractivity contribution < 1.29 is 83.0 Å². The number of ether oxygens (including phenoxy) is 2. The van der Waals surface area contributed by atoms with E-state index >= 15 is 0 Å². The van der Waals surface area contributed by atoms with Crippen LogP contribution in [-0.4, -0.2) is 291 Å². The third-order valence-electron chi connectivity index (χ3n) is 23.7. The van der Waals surface area contributed by atoms with Crippen LogP contribution in [0.25, 0.3) is 20.9 Å². The second-order valence-electron chi connectivity index (χ2n) is 36.2. The molecule has 131 heavy (non-hydrogen) atoms. The fraction of sp³-hybridized carbons (Fsp3) is 0.489. The molecule has 8 atom stereocenters. The number of hydrogen-bond acceptors (Lipinski definition) is 29. The molecule has 6 aliphatic rings. The van der Waals surface area contributed by atoms with E-state index in [2.05, 4.69) is 113 Å². The molecule has 4 saturated heterocycles. The molecular formula is C94H120N18O17S2. The van der Waals surface area contributed by atoms with E-state index in [9.17, 15) is 68.4 Å². The largest absolute Gasteiger partial charge is 0.480 e. The highest BCUT2D eigenvalue weighted by molar-refractivity contribution is 7.13. The van der Waals surface area contributed by atoms with Gasteiger partial charge < -0.3 is 86.9 Å². The normalized spacial score (nSPS) is 18.4. The van der Waals surface area contributed by atoms with Gasteiger partial charge in [-0.05, 0) is 94.9 Å². The smallest absolute Gasteiger partial charge is 0.329 e. The molecule has 0 spiro atoms. The fourth-order valence-electron chi connectivity index (χ4n) is 16.3. The van der Waals surface area contributed by atoms with E-state index in [-0.39, 0.29) is 87.7 Å². The van der Waals surface area contributed by atoms with Gasteiger partial charge in [-0.25, -0.2) is 34.7 Å². The van der Waals surface area contributed by atoms with Gasteiger partial charge in [0.1, 0.15) is 86.3 Å². The van der Waals surface area contributed by atoms with Crippen LogP contribution in [-0.2, 0) is 86.9 Å². The first-order valence-electron chi connectivity index (χ1n) is 44.3. The number of carbonyl (C=O) groups is 10. The lowest BCUT2D eigenvalue weighted by atomic mass is 9.85. The van der Waals surface area contributed by atoms with Gasteiger partial charge in [-0.1, -0.05) is 139 Å². The number of nitrogens with one attached hydrogen (secondary N) is 7. The summed E-state index contributed by atoms with van der Waals surface area (Å²) in [6.07, 6.45) is 3.05. The van der Waals surface area contributed by atoms with Crippen LogP contribution in [0.2, 0.25) is 0 Å². The summed E-state index contributed by atoms with van der Waals surface area (Å²) in [6, 6.07) is 32.0. The van der Waals surface area contributed by atoms with E-state index in [0.29, 0.717) is 62.4 Å². The van der Waals surface area contributed by atoms with E-state index < -0.39 is 121 Å². The number of carbonyl (C=O) groups excluding carboxylic acids is 9. The summed E-state index contributed by atoms with van der Waals surface area (Å²) in [5.74, 6) is -3.74. The lowest BCUT2D eigenvalue weighted by molar-refractivity contribution is -0.147. The molecule has 0 bridgehead atoms. The zero-order chi connectivity index (χ0) is 93.6. The summed E-state index contributed by atoms with van der Waals surface area (Å²) in [5, 5.41) is 71.4. The first-order chi connectivity index (χ1) is 62.6. The van der Waals surface area contributed by atoms with E-state index in [1.807, 2.05) is 74.5 Å². The number of aliphatic carboxylic acids is 1. The molecule has 6 aliphatic heterocycles. The number of aliphatic hydroxyl groups is 4. The number of hydrogen-bond donors (Lipinski definition) is 12. The molecule has 12 N–H and O–H groups in total. The minimum Gasteiger partial charge on any atom is -0.480 e. The second-order valence-corrected chi connectivity index (χ2v) is 37.9. The van der Waals surface area contributed by atoms with Crippen LogP contribution in [0.5, 0.6) is 0 Å². The number of benzene rings is 4. The molecule has 7 amide bonds. The highest BCUT2D eigenvalue weighted by atomic mass is 32.1. The predicted octanol–water partition coefficient (Wildman–Crippen LogP) is 5.31. The lowest BCUT2D eigenvalue weighted by Gasteiger charge is -2.39. The van der Waals surface area contributed by atoms with Gasteiger partial charge in [0, 0.05) is 129 Å². The van der Waals surface area contributed by atoms with Crippen molar-refractivity contribution in [2.24, 2.45) is 10.8 Å². The zero-order valence-corrected chi connectivity index (χ0v) is 76.9. The number of aromatic nitrogens is 6. The van der Waals surface area contributed by atoms with Crippen LogP contribution in [0, 0.1) is 24.7 Å². The highest BCUT2D eigenvalue weighted by Gasteiger charge is 2.47. The number of β-amino-alcohol motifs (C(OH)–C–C–N with tert-alkyl or cyclic N) is 4. The van der Waals surface area contributed by atoms with Gasteiger partial charge in [0.05, 0.1) is 68.7 Å². The van der Waals surface area contributed by atoms with Crippen molar-refractivity contribution in [1.82, 2.24) is 81.0 Å². The zero-order valence-electron chi connectivity index (χ0n) is 75.2. The van der Waals surface area contributed by atoms with Crippen molar-refractivity contribution in [3.63, 3.8) is 0 Å². The first-order valence-corrected chi connectivity index (χ1v) is 46.0. The number of amides is 7. The number of nitrogens with zero attached hydrogens (tertiary/aromatic N) is 11. The first kappa shape index (κ1) is 98.7. The Morgan fingerprint density at radius 2 is 0.931 bits per heavy atom. The average Bonchev–Trinajstić information content (AvgIpc) is 1.64. The molecule has 0 aliphatic carbocycles. The van der Waals surface area contributed by atoms with Crippen LogP contribution in [0.1, 0.15) is 146 Å². The number of fused-ring (bicyclic) bond motifs is 2. The summed E-state index contributed by atoms with van der Waals surface area (Å²) >= 11 is 3.12. The number of carboxylic acids is 1. The van der Waals surface area contributed by atoms with Crippen molar-refractivity contribution in [3.8, 4) is 20.9 Å². The standard InChI is InChI=1S/C47H59N9O8S.C26H34N4O7S.C21H27N5O2/c1-29-43(65-28-51-29)32-11-9-30(10-12-32)19-48-45(62)38-17-36(58)24-56(38)46(63)44(47(2,3)4)53-41(60)25-64-26-42(61)55-21-34(22-55)52-40-18-37(49-27-50-40)39(59)14-13-35(57)23-54-16-15-31-7-5-6-8-33(31)20-54;1-15-22(38-14-28-15)17-7-5-16(6-8-17)10-27-24(35)19-9-18(31)11-30(19)25(36)23(26(2,3)4)29-20(32)12-37-13-21(33)34;27-18(13-26-8-7-15-3-1-2-4-16(15)12-26)5-6-20(28)19-9-21(24-14-23-19)25-17-10-22-11-17/h5-12,18,27-28,34-36,38,44,57-58H,13-17,19-26H2,1-4H3,(H,48,62)(H,53,60)(H,49,50,52);5-8,14,18-19,23,31H,9-13H2,1-4H3,(H,27,35)(H,29,32)(H,33,34);1-4,9,14,17-18,22,27H,5-8,10-13H2,(H,23,24,25)/t35-,36+,38-,44+;18-,19+,23-;18-/m010/s1. The van der Waals surface area contributed by atoms with Crippen molar-refractivity contribution >= 4 is 93.2 Å². The topological polar surface area (TPSA) is 468 Å². The van der Waals surface area contributed by atoms with Crippen LogP contribution < -0.4 is 37.2 Å². The van der Waals surface area contributed by atoms with Gasteiger partial charge in [-0.2, -0.15) is 0 Å². The molecule has 8 aromatic rings. The number of ketones is 2. The third-order valence-corrected chi connectivity index (χ3v) is 25.7. The maximum atomic E-state index is 14.0. The fourth-order valence-corrected chi connectivity index (χ4v) is 18.0. The maximum Gasteiger partial charge on any atom is 0.329 e. The molecule has 10 heterocycles. The quantitative estimate of drug-likeness (QED) is 0.0221. The molecule has 4 aromatic carbocycles. The number of likely N-dealkylation sites (tertiary alicyclic amines) is 3. The number of thiazole rings is 2. The number of Topliss-reactive ketones (excluding diaryl/α,β-unsaturated/α-hetero) is 2. The van der Waals surface area contributed by atoms with Gasteiger partial charge >= 0.3 is 5.97 Å². The van der Waals surface area contributed by atoms with Crippen molar-refractivity contribution in [2.45, 2.75) is 194 Å². The van der Waals surface area contributed by atoms with Gasteiger partial charge in [0.15, 0.2) is 11.6 Å². The summed E-state index contributed by atoms with van der Waals surface area (Å²) in [7, 11) is 0. The van der Waals surface area contributed by atoms with Gasteiger partial charge in [-0.3, -0.25) is 53.0 Å². The molecule has 0 unspecified atom stereocenters. The maximum absolute atomic E-state index is 14.0. The molecular weight excluding hydrogens is 1720 g/mol. The number of aryl methyl sites for hydroxylation is 2. The minimum atomic E-state index is -1.22. The molecule has 0 radical (unpaired) electrons. The Hall–Kier alpha value is -11.4.